The van der Waals surface area contributed by atoms with E-state index in [1.165, 1.54) is 12.1 Å². The molecule has 0 saturated heterocycles. The highest BCUT2D eigenvalue weighted by molar-refractivity contribution is 6.31. The summed E-state index contributed by atoms with van der Waals surface area (Å²) >= 11 is 5.71. The number of nitrogens with zero attached hydrogens (tertiary/aromatic N) is 1. The highest BCUT2D eigenvalue weighted by atomic mass is 35.5. The molecule has 3 aromatic rings. The third kappa shape index (κ3) is 2.04. The number of oxazole rings is 1. The first-order valence-electron chi connectivity index (χ1n) is 5.66. The molecule has 2 aromatic carbocycles. The molecule has 1 heterocycles. The van der Waals surface area contributed by atoms with Crippen molar-refractivity contribution in [2.24, 2.45) is 0 Å². The Morgan fingerprint density at radius 3 is 2.79 bits per heavy atom. The maximum Gasteiger partial charge on any atom is 0.227 e. The van der Waals surface area contributed by atoms with Crippen LogP contribution in [-0.2, 0) is 0 Å². The van der Waals surface area contributed by atoms with Gasteiger partial charge in [0, 0.05) is 17.3 Å². The monoisotopic (exact) mass is 276 g/mol. The van der Waals surface area contributed by atoms with Crippen LogP contribution in [0.15, 0.2) is 34.7 Å². The molecule has 96 valence electrons. The van der Waals surface area contributed by atoms with Gasteiger partial charge in [0.1, 0.15) is 11.3 Å². The first-order valence-corrected chi connectivity index (χ1v) is 6.04. The molecule has 0 bridgehead atoms. The molecule has 0 radical (unpaired) electrons. The standard InChI is InChI=1S/C14H10ClFN2O/c1-7-2-3-8(4-11(7)17)14-18-12-5-9(15)10(16)6-13(12)19-14/h2-6H,17H2,1H3. The molecule has 3 rings (SSSR count). The van der Waals surface area contributed by atoms with Gasteiger partial charge in [0.15, 0.2) is 5.58 Å². The Hall–Kier alpha value is -2.07. The number of aryl methyl sites for hydroxylation is 1. The number of aromatic nitrogens is 1. The van der Waals surface area contributed by atoms with Crippen LogP contribution in [0.2, 0.25) is 5.02 Å². The molecular formula is C14H10ClFN2O. The Balaban J connectivity index is 2.17. The zero-order chi connectivity index (χ0) is 13.6. The van der Waals surface area contributed by atoms with Crippen molar-refractivity contribution in [3.8, 4) is 11.5 Å². The highest BCUT2D eigenvalue weighted by Crippen LogP contribution is 2.29. The molecule has 2 N–H and O–H groups in total. The predicted molar refractivity (Wildman–Crippen MR) is 73.6 cm³/mol. The third-order valence-electron chi connectivity index (χ3n) is 2.96. The lowest BCUT2D eigenvalue weighted by Crippen LogP contribution is -1.89. The van der Waals surface area contributed by atoms with Crippen molar-refractivity contribution in [3.05, 3.63) is 46.7 Å². The van der Waals surface area contributed by atoms with Crippen LogP contribution < -0.4 is 5.73 Å². The Morgan fingerprint density at radius 1 is 1.26 bits per heavy atom. The fourth-order valence-electron chi connectivity index (χ4n) is 1.82. The molecule has 3 nitrogen and oxygen atoms in total. The molecule has 5 heteroatoms. The van der Waals surface area contributed by atoms with Crippen LogP contribution in [0.4, 0.5) is 10.1 Å². The molecule has 0 unspecified atom stereocenters. The lowest BCUT2D eigenvalue weighted by molar-refractivity contribution is 0.602. The summed E-state index contributed by atoms with van der Waals surface area (Å²) in [5.41, 5.74) is 9.10. The lowest BCUT2D eigenvalue weighted by Gasteiger charge is -2.00. The van der Waals surface area contributed by atoms with Gasteiger partial charge >= 0.3 is 0 Å². The minimum Gasteiger partial charge on any atom is -0.436 e. The highest BCUT2D eigenvalue weighted by Gasteiger charge is 2.12. The Labute approximate surface area is 113 Å². The van der Waals surface area contributed by atoms with E-state index in [2.05, 4.69) is 4.98 Å². The largest absolute Gasteiger partial charge is 0.436 e. The average molecular weight is 277 g/mol. The quantitative estimate of drug-likeness (QED) is 0.678. The van der Waals surface area contributed by atoms with E-state index in [4.69, 9.17) is 21.8 Å². The van der Waals surface area contributed by atoms with Crippen molar-refractivity contribution in [2.45, 2.75) is 6.92 Å². The number of hydrogen-bond acceptors (Lipinski definition) is 3. The van der Waals surface area contributed by atoms with E-state index in [0.29, 0.717) is 22.7 Å². The van der Waals surface area contributed by atoms with Crippen LogP contribution in [0.5, 0.6) is 0 Å². The molecule has 0 spiro atoms. The maximum absolute atomic E-state index is 13.3. The summed E-state index contributed by atoms with van der Waals surface area (Å²) in [6, 6.07) is 8.18. The smallest absolute Gasteiger partial charge is 0.227 e. The van der Waals surface area contributed by atoms with Gasteiger partial charge in [-0.1, -0.05) is 17.7 Å². The van der Waals surface area contributed by atoms with Gasteiger partial charge in [-0.05, 0) is 30.7 Å². The summed E-state index contributed by atoms with van der Waals surface area (Å²) in [4.78, 5) is 4.28. The van der Waals surface area contributed by atoms with E-state index in [1.807, 2.05) is 19.1 Å². The summed E-state index contributed by atoms with van der Waals surface area (Å²) in [5, 5.41) is 0.0239. The third-order valence-corrected chi connectivity index (χ3v) is 3.25. The van der Waals surface area contributed by atoms with Crippen molar-refractivity contribution < 1.29 is 8.81 Å². The number of anilines is 1. The van der Waals surface area contributed by atoms with Gasteiger partial charge in [-0.15, -0.1) is 0 Å². The summed E-state index contributed by atoms with van der Waals surface area (Å²) in [6.07, 6.45) is 0. The SMILES string of the molecule is Cc1ccc(-c2nc3cc(Cl)c(F)cc3o2)cc1N. The van der Waals surface area contributed by atoms with E-state index in [9.17, 15) is 4.39 Å². The zero-order valence-electron chi connectivity index (χ0n) is 10.1. The fourth-order valence-corrected chi connectivity index (χ4v) is 1.98. The first-order chi connectivity index (χ1) is 9.04. The molecule has 0 saturated carbocycles. The normalized spacial score (nSPS) is 11.1. The van der Waals surface area contributed by atoms with Crippen molar-refractivity contribution in [2.75, 3.05) is 5.73 Å². The molecule has 0 aliphatic rings. The fraction of sp³-hybridized carbons (Fsp3) is 0.0714. The summed E-state index contributed by atoms with van der Waals surface area (Å²) in [5.74, 6) is -0.136. The molecule has 1 aromatic heterocycles. The van der Waals surface area contributed by atoms with Crippen molar-refractivity contribution >= 4 is 28.4 Å². The van der Waals surface area contributed by atoms with Crippen molar-refractivity contribution in [1.29, 1.82) is 0 Å². The Kier molecular flexibility index (Phi) is 2.68. The van der Waals surface area contributed by atoms with E-state index >= 15 is 0 Å². The van der Waals surface area contributed by atoms with E-state index in [-0.39, 0.29) is 5.02 Å². The zero-order valence-corrected chi connectivity index (χ0v) is 10.8. The van der Waals surface area contributed by atoms with Crippen LogP contribution in [0.1, 0.15) is 5.56 Å². The second-order valence-corrected chi connectivity index (χ2v) is 4.73. The molecule has 0 aliphatic carbocycles. The molecule has 0 atom stereocenters. The number of rotatable bonds is 1. The lowest BCUT2D eigenvalue weighted by atomic mass is 10.1. The van der Waals surface area contributed by atoms with Gasteiger partial charge in [-0.2, -0.15) is 0 Å². The Morgan fingerprint density at radius 2 is 2.05 bits per heavy atom. The molecule has 0 aliphatic heterocycles. The van der Waals surface area contributed by atoms with Crippen LogP contribution >= 0.6 is 11.6 Å². The summed E-state index contributed by atoms with van der Waals surface area (Å²) < 4.78 is 18.9. The number of hydrogen-bond donors (Lipinski definition) is 1. The van der Waals surface area contributed by atoms with Crippen molar-refractivity contribution in [1.82, 2.24) is 4.98 Å². The average Bonchev–Trinajstić information content (AvgIpc) is 2.76. The van der Waals surface area contributed by atoms with E-state index in [1.54, 1.807) is 6.07 Å². The number of benzene rings is 2. The van der Waals surface area contributed by atoms with Gasteiger partial charge in [0.2, 0.25) is 5.89 Å². The second-order valence-electron chi connectivity index (χ2n) is 4.32. The molecule has 0 fully saturated rings. The van der Waals surface area contributed by atoms with Gasteiger partial charge in [-0.3, -0.25) is 0 Å². The van der Waals surface area contributed by atoms with Gasteiger partial charge in [0.25, 0.3) is 0 Å². The number of halogens is 2. The van der Waals surface area contributed by atoms with Crippen molar-refractivity contribution in [3.63, 3.8) is 0 Å². The molecule has 19 heavy (non-hydrogen) atoms. The summed E-state index contributed by atoms with van der Waals surface area (Å²) in [7, 11) is 0. The van der Waals surface area contributed by atoms with Crippen LogP contribution in [-0.4, -0.2) is 4.98 Å². The van der Waals surface area contributed by atoms with Crippen LogP contribution in [0.3, 0.4) is 0 Å². The number of nitrogens with two attached hydrogens (primary N) is 1. The van der Waals surface area contributed by atoms with E-state index in [0.717, 1.165) is 11.1 Å². The number of nitrogen functional groups attached to an aromatic ring is 1. The predicted octanol–water partition coefficient (Wildman–Crippen LogP) is 4.18. The van der Waals surface area contributed by atoms with Gasteiger partial charge in [-0.25, -0.2) is 9.37 Å². The van der Waals surface area contributed by atoms with Gasteiger partial charge in [0.05, 0.1) is 5.02 Å². The molecular weight excluding hydrogens is 267 g/mol. The topological polar surface area (TPSA) is 52.0 Å². The minimum atomic E-state index is -0.528. The second kappa shape index (κ2) is 4.24. The molecule has 0 amide bonds. The Bertz CT molecular complexity index is 743. The van der Waals surface area contributed by atoms with Crippen LogP contribution in [0, 0.1) is 12.7 Å². The number of fused-ring (bicyclic) bond motifs is 1. The maximum atomic E-state index is 13.3. The minimum absolute atomic E-state index is 0.0239. The van der Waals surface area contributed by atoms with Crippen LogP contribution in [0.25, 0.3) is 22.6 Å². The van der Waals surface area contributed by atoms with E-state index < -0.39 is 5.82 Å². The summed E-state index contributed by atoms with van der Waals surface area (Å²) in [6.45, 7) is 1.92. The van der Waals surface area contributed by atoms with Gasteiger partial charge < -0.3 is 10.2 Å². The first kappa shape index (κ1) is 12.0.